The molecular formula is C9H15N5O2. The fourth-order valence-corrected chi connectivity index (χ4v) is 1.21. The van der Waals surface area contributed by atoms with Crippen molar-refractivity contribution in [1.82, 2.24) is 15.1 Å². The van der Waals surface area contributed by atoms with Crippen LogP contribution in [0.15, 0.2) is 11.2 Å². The van der Waals surface area contributed by atoms with Gasteiger partial charge in [-0.15, -0.1) is 0 Å². The highest BCUT2D eigenvalue weighted by Crippen LogP contribution is 2.03. The number of aryl methyl sites for hydroxylation is 2. The molecule has 0 saturated heterocycles. The van der Waals surface area contributed by atoms with Crippen LogP contribution in [0.5, 0.6) is 0 Å². The summed E-state index contributed by atoms with van der Waals surface area (Å²) in [5.41, 5.74) is 6.52. The van der Waals surface area contributed by atoms with Gasteiger partial charge in [0, 0.05) is 7.05 Å². The van der Waals surface area contributed by atoms with Gasteiger partial charge >= 0.3 is 0 Å². The number of oxime groups is 1. The zero-order valence-corrected chi connectivity index (χ0v) is 9.27. The Kier molecular flexibility index (Phi) is 3.87. The maximum Gasteiger partial charge on any atom is 0.269 e. The van der Waals surface area contributed by atoms with E-state index < -0.39 is 0 Å². The smallest absolute Gasteiger partial charge is 0.269 e. The first-order valence-electron chi connectivity index (χ1n) is 4.86. The summed E-state index contributed by atoms with van der Waals surface area (Å²) in [7, 11) is 1.69. The Bertz CT molecular complexity index is 410. The van der Waals surface area contributed by atoms with Crippen LogP contribution in [0.3, 0.4) is 0 Å². The third kappa shape index (κ3) is 2.72. The van der Waals surface area contributed by atoms with E-state index in [4.69, 9.17) is 10.9 Å². The first kappa shape index (κ1) is 12.0. The van der Waals surface area contributed by atoms with Crippen LogP contribution in [0.4, 0.5) is 0 Å². The van der Waals surface area contributed by atoms with Gasteiger partial charge in [-0.25, -0.2) is 0 Å². The second-order valence-electron chi connectivity index (χ2n) is 3.27. The lowest BCUT2D eigenvalue weighted by molar-refractivity contribution is 0.0949. The standard InChI is InChI=1S/C9H15N5O2/c1-3-6-4-7(14(2)12-6)9(15)11-5-8(10)13-16/h4,16H,3,5H2,1-2H3,(H2,10,13)(H,11,15). The first-order valence-corrected chi connectivity index (χ1v) is 4.86. The maximum absolute atomic E-state index is 11.7. The van der Waals surface area contributed by atoms with Gasteiger partial charge < -0.3 is 16.3 Å². The molecule has 1 aromatic rings. The average molecular weight is 225 g/mol. The Hall–Kier alpha value is -2.05. The predicted molar refractivity (Wildman–Crippen MR) is 58.3 cm³/mol. The van der Waals surface area contributed by atoms with Gasteiger partial charge in [-0.05, 0) is 12.5 Å². The van der Waals surface area contributed by atoms with Gasteiger partial charge in [-0.1, -0.05) is 12.1 Å². The summed E-state index contributed by atoms with van der Waals surface area (Å²) in [6.45, 7) is 1.96. The molecular weight excluding hydrogens is 210 g/mol. The second-order valence-corrected chi connectivity index (χ2v) is 3.27. The summed E-state index contributed by atoms with van der Waals surface area (Å²) in [6, 6.07) is 1.71. The van der Waals surface area contributed by atoms with Crippen LogP contribution >= 0.6 is 0 Å². The van der Waals surface area contributed by atoms with Crippen molar-refractivity contribution in [2.45, 2.75) is 13.3 Å². The maximum atomic E-state index is 11.7. The fourth-order valence-electron chi connectivity index (χ4n) is 1.21. The molecule has 16 heavy (non-hydrogen) atoms. The molecule has 0 atom stereocenters. The number of carbonyl (C=O) groups excluding carboxylic acids is 1. The Morgan fingerprint density at radius 1 is 1.75 bits per heavy atom. The van der Waals surface area contributed by atoms with Crippen molar-refractivity contribution in [2.24, 2.45) is 17.9 Å². The van der Waals surface area contributed by atoms with Crippen molar-refractivity contribution in [3.8, 4) is 0 Å². The van der Waals surface area contributed by atoms with Crippen LogP contribution in [0.2, 0.25) is 0 Å². The van der Waals surface area contributed by atoms with Crippen LogP contribution in [0, 0.1) is 0 Å². The molecule has 0 aliphatic carbocycles. The largest absolute Gasteiger partial charge is 0.409 e. The minimum atomic E-state index is -0.304. The Morgan fingerprint density at radius 3 is 2.94 bits per heavy atom. The van der Waals surface area contributed by atoms with E-state index in [-0.39, 0.29) is 18.3 Å². The number of hydrogen-bond acceptors (Lipinski definition) is 4. The molecule has 0 aliphatic heterocycles. The number of carbonyl (C=O) groups is 1. The third-order valence-corrected chi connectivity index (χ3v) is 2.08. The van der Waals surface area contributed by atoms with E-state index in [1.54, 1.807) is 13.1 Å². The summed E-state index contributed by atoms with van der Waals surface area (Å²) in [4.78, 5) is 11.7. The lowest BCUT2D eigenvalue weighted by Gasteiger charge is -2.03. The van der Waals surface area contributed by atoms with E-state index in [0.717, 1.165) is 12.1 Å². The van der Waals surface area contributed by atoms with Crippen LogP contribution < -0.4 is 11.1 Å². The molecule has 1 rings (SSSR count). The molecule has 1 aromatic heterocycles. The number of amidine groups is 1. The summed E-state index contributed by atoms with van der Waals surface area (Å²) in [5.74, 6) is -0.354. The monoisotopic (exact) mass is 225 g/mol. The number of nitrogens with zero attached hydrogens (tertiary/aromatic N) is 3. The van der Waals surface area contributed by atoms with E-state index in [9.17, 15) is 4.79 Å². The Balaban J connectivity index is 2.69. The van der Waals surface area contributed by atoms with Gasteiger partial charge in [-0.3, -0.25) is 9.48 Å². The first-order chi connectivity index (χ1) is 7.58. The van der Waals surface area contributed by atoms with E-state index in [2.05, 4.69) is 15.6 Å². The van der Waals surface area contributed by atoms with Crippen molar-refractivity contribution in [1.29, 1.82) is 0 Å². The molecule has 7 nitrogen and oxygen atoms in total. The summed E-state index contributed by atoms with van der Waals surface area (Å²) < 4.78 is 1.50. The summed E-state index contributed by atoms with van der Waals surface area (Å²) in [6.07, 6.45) is 0.765. The molecule has 1 heterocycles. The second kappa shape index (κ2) is 5.15. The van der Waals surface area contributed by atoms with Crippen molar-refractivity contribution >= 4 is 11.7 Å². The van der Waals surface area contributed by atoms with Gasteiger partial charge in [0.05, 0.1) is 12.2 Å². The zero-order chi connectivity index (χ0) is 12.1. The van der Waals surface area contributed by atoms with Crippen LogP contribution in [0.1, 0.15) is 23.1 Å². The van der Waals surface area contributed by atoms with Crippen LogP contribution in [0.25, 0.3) is 0 Å². The molecule has 0 unspecified atom stereocenters. The van der Waals surface area contributed by atoms with E-state index in [1.165, 1.54) is 4.68 Å². The molecule has 0 bridgehead atoms. The lowest BCUT2D eigenvalue weighted by Crippen LogP contribution is -2.34. The molecule has 0 aromatic carbocycles. The molecule has 0 fully saturated rings. The lowest BCUT2D eigenvalue weighted by atomic mass is 10.3. The Morgan fingerprint density at radius 2 is 2.44 bits per heavy atom. The molecule has 88 valence electrons. The highest BCUT2D eigenvalue weighted by molar-refractivity contribution is 5.95. The molecule has 0 saturated carbocycles. The number of rotatable bonds is 4. The van der Waals surface area contributed by atoms with Crippen molar-refractivity contribution in [2.75, 3.05) is 6.54 Å². The van der Waals surface area contributed by atoms with Crippen LogP contribution in [-0.2, 0) is 13.5 Å². The Labute approximate surface area is 92.9 Å². The van der Waals surface area contributed by atoms with Crippen molar-refractivity contribution in [3.63, 3.8) is 0 Å². The highest BCUT2D eigenvalue weighted by Gasteiger charge is 2.12. The quantitative estimate of drug-likeness (QED) is 0.277. The normalized spacial score (nSPS) is 11.5. The van der Waals surface area contributed by atoms with Gasteiger partial charge in [-0.2, -0.15) is 5.10 Å². The molecule has 1 amide bonds. The topological polar surface area (TPSA) is 106 Å². The van der Waals surface area contributed by atoms with Gasteiger partial charge in [0.25, 0.3) is 5.91 Å². The fraction of sp³-hybridized carbons (Fsp3) is 0.444. The molecule has 0 radical (unpaired) electrons. The van der Waals surface area contributed by atoms with Gasteiger partial charge in [0.2, 0.25) is 0 Å². The van der Waals surface area contributed by atoms with Crippen molar-refractivity contribution in [3.05, 3.63) is 17.5 Å². The van der Waals surface area contributed by atoms with E-state index >= 15 is 0 Å². The summed E-state index contributed by atoms with van der Waals surface area (Å²) in [5, 5.41) is 17.7. The molecule has 0 aliphatic rings. The number of amides is 1. The number of hydrogen-bond donors (Lipinski definition) is 3. The molecule has 4 N–H and O–H groups in total. The van der Waals surface area contributed by atoms with Crippen LogP contribution in [-0.4, -0.2) is 33.3 Å². The van der Waals surface area contributed by atoms with Gasteiger partial charge in [0.1, 0.15) is 5.69 Å². The van der Waals surface area contributed by atoms with Gasteiger partial charge in [0.15, 0.2) is 5.84 Å². The number of nitrogens with one attached hydrogen (secondary N) is 1. The minimum Gasteiger partial charge on any atom is -0.409 e. The van der Waals surface area contributed by atoms with Crippen molar-refractivity contribution < 1.29 is 10.0 Å². The highest BCUT2D eigenvalue weighted by atomic mass is 16.4. The molecule has 7 heteroatoms. The van der Waals surface area contributed by atoms with E-state index in [0.29, 0.717) is 5.69 Å². The summed E-state index contributed by atoms with van der Waals surface area (Å²) >= 11 is 0. The SMILES string of the molecule is CCc1cc(C(=O)NCC(N)=NO)n(C)n1. The van der Waals surface area contributed by atoms with E-state index in [1.807, 2.05) is 6.92 Å². The minimum absolute atomic E-state index is 0.00196. The number of aromatic nitrogens is 2. The average Bonchev–Trinajstić information content (AvgIpc) is 2.67. The third-order valence-electron chi connectivity index (χ3n) is 2.08. The molecule has 0 spiro atoms. The zero-order valence-electron chi connectivity index (χ0n) is 9.27. The predicted octanol–water partition coefficient (Wildman–Crippen LogP) is -0.541. The number of nitrogens with two attached hydrogens (primary N) is 1.